The van der Waals surface area contributed by atoms with E-state index >= 15 is 0 Å². The quantitative estimate of drug-likeness (QED) is 0.183. The van der Waals surface area contributed by atoms with Crippen LogP contribution in [0.1, 0.15) is 0 Å². The molecule has 0 atom stereocenters. The maximum atomic E-state index is 2.49. The van der Waals surface area contributed by atoms with Crippen LogP contribution in [0.4, 0.5) is 0 Å². The molecule has 0 amide bonds. The number of rotatable bonds is 3. The van der Waals surface area contributed by atoms with Gasteiger partial charge < -0.3 is 9.13 Å². The van der Waals surface area contributed by atoms with Crippen molar-refractivity contribution in [3.05, 3.63) is 182 Å². The highest BCUT2D eigenvalue weighted by Crippen LogP contribution is 2.47. The number of benzene rings is 8. The Morgan fingerprint density at radius 3 is 1.64 bits per heavy atom. The molecule has 3 heterocycles. The lowest BCUT2D eigenvalue weighted by Gasteiger charge is -2.12. The minimum Gasteiger partial charge on any atom is -0.309 e. The van der Waals surface area contributed by atoms with Gasteiger partial charge in [-0.15, -0.1) is 0 Å². The van der Waals surface area contributed by atoms with Crippen LogP contribution in [0.2, 0.25) is 0 Å². The summed E-state index contributed by atoms with van der Waals surface area (Å²) in [6, 6.07) is 66.8. The maximum Gasteiger partial charge on any atom is 0.0619 e. The molecule has 8 aromatic carbocycles. The van der Waals surface area contributed by atoms with Gasteiger partial charge >= 0.3 is 0 Å². The molecule has 232 valence electrons. The van der Waals surface area contributed by atoms with E-state index in [4.69, 9.17) is 0 Å². The second kappa shape index (κ2) is 10.4. The van der Waals surface area contributed by atoms with Crippen molar-refractivity contribution in [2.24, 2.45) is 0 Å². The van der Waals surface area contributed by atoms with Crippen LogP contribution < -0.4 is 0 Å². The number of para-hydroxylation sites is 3. The molecule has 1 aliphatic heterocycles. The maximum absolute atomic E-state index is 2.49. The van der Waals surface area contributed by atoms with Crippen LogP contribution in [-0.4, -0.2) is 9.13 Å². The van der Waals surface area contributed by atoms with Crippen molar-refractivity contribution in [2.45, 2.75) is 0 Å². The zero-order valence-electron chi connectivity index (χ0n) is 27.2. The van der Waals surface area contributed by atoms with E-state index in [1.807, 2.05) is 0 Å². The van der Waals surface area contributed by atoms with Crippen molar-refractivity contribution in [3.63, 3.8) is 0 Å². The molecule has 0 radical (unpaired) electrons. The Morgan fingerprint density at radius 1 is 0.280 bits per heavy atom. The van der Waals surface area contributed by atoms with Gasteiger partial charge in [0.05, 0.1) is 27.8 Å². The molecule has 0 unspecified atom stereocenters. The fourth-order valence-electron chi connectivity index (χ4n) is 8.45. The summed E-state index contributed by atoms with van der Waals surface area (Å²) >= 11 is 0. The highest BCUT2D eigenvalue weighted by Gasteiger charge is 2.24. The summed E-state index contributed by atoms with van der Waals surface area (Å²) in [4.78, 5) is 0. The van der Waals surface area contributed by atoms with Crippen molar-refractivity contribution in [3.8, 4) is 55.9 Å². The van der Waals surface area contributed by atoms with E-state index in [-0.39, 0.29) is 0 Å². The van der Waals surface area contributed by atoms with Crippen LogP contribution in [0.15, 0.2) is 182 Å². The molecule has 2 heteroatoms. The molecular weight excluding hydrogens is 605 g/mol. The lowest BCUT2D eigenvalue weighted by Crippen LogP contribution is -1.95. The molecule has 0 fully saturated rings. The molecule has 1 aliphatic rings. The van der Waals surface area contributed by atoms with Gasteiger partial charge in [-0.3, -0.25) is 0 Å². The molecule has 0 aliphatic carbocycles. The Bertz CT molecular complexity index is 2980. The summed E-state index contributed by atoms with van der Waals surface area (Å²) in [5.41, 5.74) is 17.3. The van der Waals surface area contributed by atoms with Crippen molar-refractivity contribution < 1.29 is 0 Å². The van der Waals surface area contributed by atoms with Crippen LogP contribution in [0.5, 0.6) is 0 Å². The first-order valence-corrected chi connectivity index (χ1v) is 17.3. The topological polar surface area (TPSA) is 9.86 Å². The third kappa shape index (κ3) is 3.85. The van der Waals surface area contributed by atoms with Gasteiger partial charge in [0.15, 0.2) is 0 Å². The average Bonchev–Trinajstić information content (AvgIpc) is 3.66. The molecule has 0 spiro atoms. The van der Waals surface area contributed by atoms with Gasteiger partial charge in [0, 0.05) is 38.4 Å². The summed E-state index contributed by atoms with van der Waals surface area (Å²) in [5, 5.41) is 5.07. The highest BCUT2D eigenvalue weighted by atomic mass is 15.0. The first-order chi connectivity index (χ1) is 24.8. The molecular formula is C48H30N2. The van der Waals surface area contributed by atoms with E-state index in [1.165, 1.54) is 99.5 Å². The summed E-state index contributed by atoms with van der Waals surface area (Å²) in [7, 11) is 0. The van der Waals surface area contributed by atoms with Crippen LogP contribution in [0.25, 0.3) is 99.5 Å². The van der Waals surface area contributed by atoms with E-state index in [0.29, 0.717) is 0 Å². The standard InChI is InChI=1S/C48H30N2/c1-2-12-31(13-3-1)32-14-10-15-35(28-32)49-44-22-8-7-19-39(44)42-29-33(24-26-46(42)49)34-25-27-47-43(30-34)41-21-11-20-40-37-17-5-4-16-36(37)38-18-6-9-23-45(38)50(47)48(40)41/h1-30H. The van der Waals surface area contributed by atoms with Gasteiger partial charge in [0.25, 0.3) is 0 Å². The van der Waals surface area contributed by atoms with Gasteiger partial charge in [0.2, 0.25) is 0 Å². The third-order valence-corrected chi connectivity index (χ3v) is 10.7. The van der Waals surface area contributed by atoms with Crippen molar-refractivity contribution in [2.75, 3.05) is 0 Å². The number of aromatic nitrogens is 2. The van der Waals surface area contributed by atoms with Crippen molar-refractivity contribution in [1.29, 1.82) is 0 Å². The van der Waals surface area contributed by atoms with Crippen LogP contribution >= 0.6 is 0 Å². The van der Waals surface area contributed by atoms with Gasteiger partial charge in [-0.25, -0.2) is 0 Å². The Hall–Kier alpha value is -6.64. The molecule has 0 saturated carbocycles. The Morgan fingerprint density at radius 2 is 0.820 bits per heavy atom. The van der Waals surface area contributed by atoms with Gasteiger partial charge in [0.1, 0.15) is 0 Å². The molecule has 10 aromatic rings. The van der Waals surface area contributed by atoms with Crippen molar-refractivity contribution in [1.82, 2.24) is 9.13 Å². The smallest absolute Gasteiger partial charge is 0.0619 e. The fraction of sp³-hybridized carbons (Fsp3) is 0. The summed E-state index contributed by atoms with van der Waals surface area (Å²) in [6.07, 6.45) is 0. The molecule has 2 aromatic heterocycles. The molecule has 0 saturated heterocycles. The zero-order valence-corrected chi connectivity index (χ0v) is 27.2. The number of hydrogen-bond donors (Lipinski definition) is 0. The van der Waals surface area contributed by atoms with Gasteiger partial charge in [-0.05, 0) is 81.9 Å². The SMILES string of the molecule is c1ccc(-c2cccc(-n3c4ccccc4c4cc(-c5ccc6c(c5)c5cccc7c5n6-c5ccccc5-c5ccccc5-7)ccc43)c2)cc1. The summed E-state index contributed by atoms with van der Waals surface area (Å²) in [6.45, 7) is 0. The average molecular weight is 635 g/mol. The number of hydrogen-bond acceptors (Lipinski definition) is 0. The second-order valence-corrected chi connectivity index (χ2v) is 13.3. The fourth-order valence-corrected chi connectivity index (χ4v) is 8.45. The minimum absolute atomic E-state index is 1.17. The normalized spacial score (nSPS) is 12.0. The van der Waals surface area contributed by atoms with Crippen molar-refractivity contribution >= 4 is 43.6 Å². The van der Waals surface area contributed by atoms with E-state index in [2.05, 4.69) is 191 Å². The van der Waals surface area contributed by atoms with Crippen LogP contribution in [-0.2, 0) is 0 Å². The first-order valence-electron chi connectivity index (χ1n) is 17.3. The molecule has 2 nitrogen and oxygen atoms in total. The van der Waals surface area contributed by atoms with E-state index in [1.54, 1.807) is 0 Å². The zero-order chi connectivity index (χ0) is 32.8. The molecule has 0 N–H and O–H groups in total. The van der Waals surface area contributed by atoms with E-state index in [9.17, 15) is 0 Å². The molecule has 11 rings (SSSR count). The predicted octanol–water partition coefficient (Wildman–Crippen LogP) is 12.9. The predicted molar refractivity (Wildman–Crippen MR) is 210 cm³/mol. The summed E-state index contributed by atoms with van der Waals surface area (Å²) in [5.74, 6) is 0. The van der Waals surface area contributed by atoms with E-state index < -0.39 is 0 Å². The van der Waals surface area contributed by atoms with E-state index in [0.717, 1.165) is 0 Å². The first kappa shape index (κ1) is 27.3. The second-order valence-electron chi connectivity index (χ2n) is 13.3. The Kier molecular flexibility index (Phi) is 5.70. The monoisotopic (exact) mass is 634 g/mol. The molecule has 50 heavy (non-hydrogen) atoms. The number of fused-ring (bicyclic) bond motifs is 11. The van der Waals surface area contributed by atoms with Crippen LogP contribution in [0, 0.1) is 0 Å². The van der Waals surface area contributed by atoms with Gasteiger partial charge in [-0.1, -0.05) is 133 Å². The lowest BCUT2D eigenvalue weighted by molar-refractivity contribution is 1.18. The minimum atomic E-state index is 1.17. The lowest BCUT2D eigenvalue weighted by atomic mass is 9.93. The van der Waals surface area contributed by atoms with Crippen LogP contribution in [0.3, 0.4) is 0 Å². The summed E-state index contributed by atoms with van der Waals surface area (Å²) < 4.78 is 4.90. The number of nitrogens with zero attached hydrogens (tertiary/aromatic N) is 2. The third-order valence-electron chi connectivity index (χ3n) is 10.7. The largest absolute Gasteiger partial charge is 0.309 e. The Labute approximate surface area is 289 Å². The van der Waals surface area contributed by atoms with Gasteiger partial charge in [-0.2, -0.15) is 0 Å². The molecule has 0 bridgehead atoms. The highest BCUT2D eigenvalue weighted by molar-refractivity contribution is 6.17. The Balaban J connectivity index is 1.12.